The van der Waals surface area contributed by atoms with Gasteiger partial charge in [0.2, 0.25) is 0 Å². The molecule has 0 amide bonds. The molecule has 1 aliphatic heterocycles. The van der Waals surface area contributed by atoms with Crippen molar-refractivity contribution >= 4 is 14.3 Å². The van der Waals surface area contributed by atoms with E-state index in [1.165, 1.54) is 5.56 Å². The molecular weight excluding hydrogens is 203 g/mol. The lowest BCUT2D eigenvalue weighted by molar-refractivity contribution is 0.358. The quantitative estimate of drug-likeness (QED) is 0.644. The van der Waals surface area contributed by atoms with E-state index in [9.17, 15) is 0 Å². The third kappa shape index (κ3) is 3.66. The molecule has 0 atom stereocenters. The second-order valence-electron chi connectivity index (χ2n) is 2.50. The summed E-state index contributed by atoms with van der Waals surface area (Å²) in [4.78, 5) is 14.2. The van der Waals surface area contributed by atoms with Crippen LogP contribution in [0.5, 0.6) is 5.75 Å². The number of para-hydroxylation sites is 1. The average Bonchev–Trinajstić information content (AvgIpc) is 2.17. The van der Waals surface area contributed by atoms with Gasteiger partial charge in [-0.15, -0.1) is 9.79 Å². The summed E-state index contributed by atoms with van der Waals surface area (Å²) >= 11 is 0. The zero-order valence-electron chi connectivity index (χ0n) is 7.33. The highest BCUT2D eigenvalue weighted by molar-refractivity contribution is 7.30. The van der Waals surface area contributed by atoms with Crippen molar-refractivity contribution in [1.82, 2.24) is 0 Å². The highest BCUT2D eigenvalue weighted by Gasteiger charge is 2.01. The van der Waals surface area contributed by atoms with Crippen LogP contribution >= 0.6 is 8.25 Å². The molecule has 0 unspecified atom stereocenters. The van der Waals surface area contributed by atoms with Crippen molar-refractivity contribution < 1.29 is 19.1 Å². The van der Waals surface area contributed by atoms with Gasteiger partial charge in [-0.2, -0.15) is 0 Å². The Labute approximate surface area is 82.4 Å². The van der Waals surface area contributed by atoms with Crippen LogP contribution < -0.4 is 4.74 Å². The largest absolute Gasteiger partial charge is 0.692 e. The molecule has 1 aromatic carbocycles. The molecule has 74 valence electrons. The van der Waals surface area contributed by atoms with E-state index in [1.807, 2.05) is 30.3 Å². The van der Waals surface area contributed by atoms with Crippen LogP contribution in [-0.4, -0.2) is 16.4 Å². The summed E-state index contributed by atoms with van der Waals surface area (Å²) < 4.78 is 14.0. The summed E-state index contributed by atoms with van der Waals surface area (Å²) in [6, 6.07) is 8.03. The normalized spacial score (nSPS) is 11.9. The Balaban J connectivity index is 0.000000213. The van der Waals surface area contributed by atoms with Crippen LogP contribution in [0.2, 0.25) is 0 Å². The van der Waals surface area contributed by atoms with Gasteiger partial charge in [-0.05, 0) is 12.1 Å². The van der Waals surface area contributed by atoms with Crippen LogP contribution in [0, 0.1) is 0 Å². The van der Waals surface area contributed by atoms with Crippen molar-refractivity contribution in [2.45, 2.75) is 0 Å². The Morgan fingerprint density at radius 3 is 2.57 bits per heavy atom. The van der Waals surface area contributed by atoms with Gasteiger partial charge in [0.1, 0.15) is 12.4 Å². The number of hydrogen-bond acceptors (Lipinski definition) is 2. The summed E-state index contributed by atoms with van der Waals surface area (Å²) in [6.45, 7) is 0.705. The first-order valence-corrected chi connectivity index (χ1v) is 5.10. The number of ether oxygens (including phenoxy) is 1. The van der Waals surface area contributed by atoms with Gasteiger partial charge < -0.3 is 4.74 Å². The summed E-state index contributed by atoms with van der Waals surface area (Å²) in [5.74, 6) is 0.991. The Morgan fingerprint density at radius 1 is 1.29 bits per heavy atom. The molecule has 1 heterocycles. The lowest BCUT2D eigenvalue weighted by Crippen LogP contribution is -1.98. The Kier molecular flexibility index (Phi) is 4.26. The smallest absolute Gasteiger partial charge is 0.489 e. The minimum Gasteiger partial charge on any atom is -0.489 e. The second kappa shape index (κ2) is 5.50. The molecule has 0 spiro atoms. The van der Waals surface area contributed by atoms with Crippen LogP contribution in [0.3, 0.4) is 0 Å². The second-order valence-corrected chi connectivity index (χ2v) is 3.01. The third-order valence-electron chi connectivity index (χ3n) is 1.55. The lowest BCUT2D eigenvalue weighted by Gasteiger charge is -2.10. The molecule has 0 bridgehead atoms. The highest BCUT2D eigenvalue weighted by atomic mass is 31.1. The number of fused-ring (bicyclic) bond motifs is 1. The predicted molar refractivity (Wildman–Crippen MR) is 53.0 cm³/mol. The maximum absolute atomic E-state index is 8.70. The van der Waals surface area contributed by atoms with Gasteiger partial charge >= 0.3 is 8.25 Å². The summed E-state index contributed by atoms with van der Waals surface area (Å²) in [5, 5.41) is 0. The zero-order valence-corrected chi connectivity index (χ0v) is 8.22. The van der Waals surface area contributed by atoms with Gasteiger partial charge in [-0.1, -0.05) is 24.3 Å². The molecule has 0 radical (unpaired) electrons. The molecule has 2 N–H and O–H groups in total. The Bertz CT molecular complexity index is 344. The van der Waals surface area contributed by atoms with Gasteiger partial charge in [0.15, 0.2) is 0 Å². The van der Waals surface area contributed by atoms with Gasteiger partial charge in [0, 0.05) is 10.1 Å². The van der Waals surface area contributed by atoms with Crippen molar-refractivity contribution in [3.8, 4) is 5.75 Å². The van der Waals surface area contributed by atoms with Crippen LogP contribution in [0.25, 0.3) is 6.08 Å². The van der Waals surface area contributed by atoms with Crippen molar-refractivity contribution in [2.75, 3.05) is 6.61 Å². The minimum atomic E-state index is -2.87. The molecule has 4 nitrogen and oxygen atoms in total. The molecular formula is C9H10O4P+. The molecule has 14 heavy (non-hydrogen) atoms. The fraction of sp³-hybridized carbons (Fsp3) is 0.111. The maximum atomic E-state index is 8.70. The molecule has 0 fully saturated rings. The van der Waals surface area contributed by atoms with E-state index in [0.717, 1.165) is 5.75 Å². The van der Waals surface area contributed by atoms with Crippen molar-refractivity contribution in [2.24, 2.45) is 0 Å². The average molecular weight is 213 g/mol. The molecule has 0 aromatic heterocycles. The zero-order chi connectivity index (χ0) is 10.4. The molecule has 5 heteroatoms. The van der Waals surface area contributed by atoms with Crippen LogP contribution in [-0.2, 0) is 4.57 Å². The van der Waals surface area contributed by atoms with Crippen LogP contribution in [0.15, 0.2) is 30.3 Å². The van der Waals surface area contributed by atoms with E-state index in [4.69, 9.17) is 19.1 Å². The van der Waals surface area contributed by atoms with Crippen molar-refractivity contribution in [3.05, 3.63) is 35.9 Å². The Morgan fingerprint density at radius 2 is 1.93 bits per heavy atom. The minimum absolute atomic E-state index is 0.705. The van der Waals surface area contributed by atoms with E-state index in [2.05, 4.69) is 6.08 Å². The lowest BCUT2D eigenvalue weighted by atomic mass is 10.1. The molecule has 1 aromatic rings. The molecule has 0 saturated carbocycles. The standard InChI is InChI=1S/C9H8O.HO3P/c1-2-6-9-8(4-1)5-3-7-10-9;1-4(2)3/h1-6H,7H2;(H-,1,2,3)/p+1. The van der Waals surface area contributed by atoms with E-state index < -0.39 is 8.25 Å². The van der Waals surface area contributed by atoms with E-state index in [0.29, 0.717) is 6.61 Å². The predicted octanol–water partition coefficient (Wildman–Crippen LogP) is 1.72. The van der Waals surface area contributed by atoms with Gasteiger partial charge in [-0.25, -0.2) is 0 Å². The van der Waals surface area contributed by atoms with Crippen molar-refractivity contribution in [1.29, 1.82) is 0 Å². The van der Waals surface area contributed by atoms with Gasteiger partial charge in [0.25, 0.3) is 0 Å². The molecule has 0 saturated heterocycles. The van der Waals surface area contributed by atoms with E-state index in [-0.39, 0.29) is 0 Å². The fourth-order valence-corrected chi connectivity index (χ4v) is 1.06. The SMILES string of the molecule is C1=Cc2ccccc2OC1.O=[P+](O)O. The van der Waals surface area contributed by atoms with Gasteiger partial charge in [-0.3, -0.25) is 0 Å². The van der Waals surface area contributed by atoms with Crippen LogP contribution in [0.1, 0.15) is 5.56 Å². The topological polar surface area (TPSA) is 66.8 Å². The van der Waals surface area contributed by atoms with Gasteiger partial charge in [0.05, 0.1) is 0 Å². The molecule has 0 aliphatic carbocycles. The Hall–Kier alpha value is -1.22. The maximum Gasteiger partial charge on any atom is 0.692 e. The fourth-order valence-electron chi connectivity index (χ4n) is 1.06. The van der Waals surface area contributed by atoms with E-state index >= 15 is 0 Å². The summed E-state index contributed by atoms with van der Waals surface area (Å²) in [7, 11) is -2.87. The molecule has 1 aliphatic rings. The van der Waals surface area contributed by atoms with Crippen LogP contribution in [0.4, 0.5) is 0 Å². The monoisotopic (exact) mass is 213 g/mol. The summed E-state index contributed by atoms with van der Waals surface area (Å²) in [5.41, 5.74) is 1.17. The molecule has 2 rings (SSSR count). The number of benzene rings is 1. The number of hydrogen-bond donors (Lipinski definition) is 2. The first-order chi connectivity index (χ1) is 6.70. The first-order valence-electron chi connectivity index (χ1n) is 3.93. The van der Waals surface area contributed by atoms with E-state index in [1.54, 1.807) is 0 Å². The van der Waals surface area contributed by atoms with Crippen molar-refractivity contribution in [3.63, 3.8) is 0 Å². The summed E-state index contributed by atoms with van der Waals surface area (Å²) in [6.07, 6.45) is 4.10. The third-order valence-corrected chi connectivity index (χ3v) is 1.55. The number of rotatable bonds is 0. The first kappa shape index (κ1) is 10.9. The highest BCUT2D eigenvalue weighted by Crippen LogP contribution is 2.21.